The molecule has 1 aliphatic rings. The molecule has 2 heterocycles. The van der Waals surface area contributed by atoms with Gasteiger partial charge in [-0.15, -0.1) is 11.3 Å². The van der Waals surface area contributed by atoms with Crippen LogP contribution in [-0.2, 0) is 10.0 Å². The molecule has 0 saturated heterocycles. The van der Waals surface area contributed by atoms with Crippen molar-refractivity contribution < 1.29 is 19.4 Å². The number of hydrogen-bond donors (Lipinski definition) is 3. The van der Waals surface area contributed by atoms with Gasteiger partial charge in [0.15, 0.2) is 0 Å². The zero-order valence-electron chi connectivity index (χ0n) is 25.9. The molecule has 43 heavy (non-hydrogen) atoms. The molecule has 1 saturated carbocycles. The maximum absolute atomic E-state index is 13.8. The summed E-state index contributed by atoms with van der Waals surface area (Å²) in [5.74, 6) is 0.127. The van der Waals surface area contributed by atoms with Gasteiger partial charge in [-0.1, -0.05) is 76.9 Å². The zero-order chi connectivity index (χ0) is 31.7. The maximum atomic E-state index is 13.8. The zero-order valence-corrected chi connectivity index (χ0v) is 29.2. The van der Waals surface area contributed by atoms with E-state index in [1.165, 1.54) is 12.5 Å². The number of benzene rings is 1. The van der Waals surface area contributed by atoms with E-state index in [1.807, 2.05) is 0 Å². The lowest BCUT2D eigenvalue weighted by molar-refractivity contribution is 0.0941. The predicted octanol–water partition coefficient (Wildman–Crippen LogP) is 8.08. The molecule has 1 aromatic carbocycles. The first-order valence-corrected chi connectivity index (χ1v) is 18.6. The van der Waals surface area contributed by atoms with Gasteiger partial charge in [0.2, 0.25) is 14.1 Å². The van der Waals surface area contributed by atoms with Crippen LogP contribution in [-0.4, -0.2) is 53.0 Å². The van der Waals surface area contributed by atoms with Crippen LogP contribution in [0.25, 0.3) is 0 Å². The minimum Gasteiger partial charge on any atom is -0.413 e. The molecule has 0 radical (unpaired) electrons. The summed E-state index contributed by atoms with van der Waals surface area (Å²) in [6.45, 7) is 15.3. The van der Waals surface area contributed by atoms with Crippen molar-refractivity contribution in [3.05, 3.63) is 73.8 Å². The second-order valence-electron chi connectivity index (χ2n) is 12.7. The number of aliphatic hydroxyl groups excluding tert-OH is 1. The Morgan fingerprint density at radius 2 is 1.81 bits per heavy atom. The van der Waals surface area contributed by atoms with Crippen molar-refractivity contribution in [2.75, 3.05) is 11.9 Å². The molecule has 0 spiro atoms. The highest BCUT2D eigenvalue weighted by molar-refractivity contribution is 7.18. The number of carbonyl (C=O) groups is 1. The van der Waals surface area contributed by atoms with E-state index in [0.29, 0.717) is 66.2 Å². The molecule has 0 bridgehead atoms. The fourth-order valence-corrected chi connectivity index (χ4v) is 14.2. The first kappa shape index (κ1) is 34.0. The fraction of sp³-hybridized carbons (Fsp3) is 0.531. The van der Waals surface area contributed by atoms with Crippen LogP contribution >= 0.6 is 34.5 Å². The normalized spacial score (nSPS) is 20.7. The molecule has 1 aliphatic carbocycles. The molecule has 11 heteroatoms. The quantitative estimate of drug-likeness (QED) is 0.133. The van der Waals surface area contributed by atoms with Crippen LogP contribution in [0.1, 0.15) is 87.7 Å². The van der Waals surface area contributed by atoms with Crippen molar-refractivity contribution in [1.82, 2.24) is 9.97 Å². The van der Waals surface area contributed by atoms with Crippen LogP contribution in [0.15, 0.2) is 42.9 Å². The van der Waals surface area contributed by atoms with Gasteiger partial charge in [0, 0.05) is 35.3 Å². The topological polar surface area (TPSA) is 105 Å². The molecule has 234 valence electrons. The minimum absolute atomic E-state index is 0.00556. The van der Waals surface area contributed by atoms with Crippen LogP contribution in [0.2, 0.25) is 26.0 Å². The van der Waals surface area contributed by atoms with E-state index in [2.05, 4.69) is 56.8 Å². The standard InChI is InChI=1S/C32H43Cl2N3O4SSi/c1-18(2)43(19(3)4,20(5)6)41-27-13-24(11-21(27)16-38)37-31-25(15-35-17-36-31)29(39)28-14-26(30(34)42-28)32(7,40)22-9-8-10-23(33)12-22/h8-10,12,14-15,17-21,24,27,38,40H,11,13,16H2,1-7H3,(H,35,36,37)/t21-,24-,27+,32-/m1/s1. The summed E-state index contributed by atoms with van der Waals surface area (Å²) in [5.41, 5.74) is 1.16. The number of aliphatic hydroxyl groups is 2. The van der Waals surface area contributed by atoms with Gasteiger partial charge >= 0.3 is 0 Å². The van der Waals surface area contributed by atoms with Gasteiger partial charge in [-0.3, -0.25) is 4.79 Å². The van der Waals surface area contributed by atoms with E-state index >= 15 is 0 Å². The Labute approximate surface area is 270 Å². The number of nitrogens with zero attached hydrogens (tertiary/aromatic N) is 2. The smallest absolute Gasteiger partial charge is 0.208 e. The number of anilines is 1. The van der Waals surface area contributed by atoms with E-state index in [9.17, 15) is 15.0 Å². The highest BCUT2D eigenvalue weighted by atomic mass is 35.5. The number of ketones is 1. The molecule has 3 N–H and O–H groups in total. The third-order valence-electron chi connectivity index (χ3n) is 9.05. The predicted molar refractivity (Wildman–Crippen MR) is 178 cm³/mol. The summed E-state index contributed by atoms with van der Waals surface area (Å²) >= 11 is 13.9. The molecular formula is C32H43Cl2N3O4SSi. The molecule has 2 aromatic heterocycles. The largest absolute Gasteiger partial charge is 0.413 e. The summed E-state index contributed by atoms with van der Waals surface area (Å²) in [5, 5.41) is 25.7. The highest BCUT2D eigenvalue weighted by Crippen LogP contribution is 2.46. The van der Waals surface area contributed by atoms with E-state index < -0.39 is 13.9 Å². The Kier molecular flexibility index (Phi) is 10.8. The molecule has 4 rings (SSSR count). The minimum atomic E-state index is -2.15. The van der Waals surface area contributed by atoms with Gasteiger partial charge < -0.3 is 20.0 Å². The van der Waals surface area contributed by atoms with Crippen molar-refractivity contribution in [3.63, 3.8) is 0 Å². The van der Waals surface area contributed by atoms with Crippen LogP contribution in [0, 0.1) is 5.92 Å². The molecule has 0 unspecified atom stereocenters. The van der Waals surface area contributed by atoms with Crippen molar-refractivity contribution in [1.29, 1.82) is 0 Å². The van der Waals surface area contributed by atoms with Crippen molar-refractivity contribution in [3.8, 4) is 0 Å². The van der Waals surface area contributed by atoms with Crippen molar-refractivity contribution in [2.45, 2.75) is 95.7 Å². The lowest BCUT2D eigenvalue weighted by atomic mass is 9.89. The lowest BCUT2D eigenvalue weighted by Crippen LogP contribution is -2.51. The van der Waals surface area contributed by atoms with Crippen LogP contribution in [0.4, 0.5) is 5.82 Å². The number of carbonyl (C=O) groups excluding carboxylic acids is 1. The summed E-state index contributed by atoms with van der Waals surface area (Å²) in [7, 11) is -2.15. The van der Waals surface area contributed by atoms with Gasteiger partial charge in [0.1, 0.15) is 17.7 Å². The van der Waals surface area contributed by atoms with E-state index in [1.54, 1.807) is 37.3 Å². The fourth-order valence-electron chi connectivity index (χ4n) is 6.91. The third-order valence-corrected chi connectivity index (χ3v) is 16.8. The summed E-state index contributed by atoms with van der Waals surface area (Å²) in [4.78, 5) is 22.7. The summed E-state index contributed by atoms with van der Waals surface area (Å²) < 4.78 is 7.40. The number of nitrogens with one attached hydrogen (secondary N) is 1. The number of hydrogen-bond acceptors (Lipinski definition) is 8. The van der Waals surface area contributed by atoms with Gasteiger partial charge in [0.25, 0.3) is 0 Å². The monoisotopic (exact) mass is 663 g/mol. The van der Waals surface area contributed by atoms with E-state index in [4.69, 9.17) is 27.6 Å². The Hall–Kier alpha value is -1.85. The molecular weight excluding hydrogens is 621 g/mol. The third kappa shape index (κ3) is 6.88. The van der Waals surface area contributed by atoms with Crippen molar-refractivity contribution >= 4 is 54.5 Å². The molecule has 4 atom stereocenters. The Bertz CT molecular complexity index is 1410. The number of rotatable bonds is 12. The maximum Gasteiger partial charge on any atom is 0.208 e. The first-order valence-electron chi connectivity index (χ1n) is 14.9. The second-order valence-corrected chi connectivity index (χ2v) is 20.2. The number of aromatic nitrogens is 2. The number of thiophene rings is 1. The van der Waals surface area contributed by atoms with Crippen molar-refractivity contribution in [2.24, 2.45) is 5.92 Å². The van der Waals surface area contributed by atoms with Crippen LogP contribution in [0.3, 0.4) is 0 Å². The second kappa shape index (κ2) is 13.6. The first-order chi connectivity index (χ1) is 20.2. The SMILES string of the molecule is CC(C)[Si](O[C@H]1C[C@H](Nc2ncncc2C(=O)c2cc([C@](C)(O)c3cccc(Cl)c3)c(Cl)s2)C[C@@H]1CO)(C(C)C)C(C)C. The summed E-state index contributed by atoms with van der Waals surface area (Å²) in [6, 6.07) is 8.53. The lowest BCUT2D eigenvalue weighted by Gasteiger charge is -2.45. The van der Waals surface area contributed by atoms with Crippen LogP contribution < -0.4 is 5.32 Å². The van der Waals surface area contributed by atoms with Gasteiger partial charge in [-0.05, 0) is 60.2 Å². The van der Waals surface area contributed by atoms with E-state index in [-0.39, 0.29) is 30.5 Å². The average Bonchev–Trinajstić information content (AvgIpc) is 3.53. The molecule has 0 amide bonds. The van der Waals surface area contributed by atoms with Gasteiger partial charge in [-0.25, -0.2) is 9.97 Å². The van der Waals surface area contributed by atoms with Gasteiger partial charge in [0.05, 0.1) is 20.9 Å². The molecule has 0 aliphatic heterocycles. The highest BCUT2D eigenvalue weighted by Gasteiger charge is 2.49. The average molecular weight is 665 g/mol. The number of halogens is 2. The molecule has 1 fully saturated rings. The molecule has 3 aromatic rings. The van der Waals surface area contributed by atoms with Gasteiger partial charge in [-0.2, -0.15) is 0 Å². The Morgan fingerprint density at radius 1 is 1.14 bits per heavy atom. The summed E-state index contributed by atoms with van der Waals surface area (Å²) in [6.07, 6.45) is 4.25. The Morgan fingerprint density at radius 3 is 2.42 bits per heavy atom. The Balaban J connectivity index is 1.57. The van der Waals surface area contributed by atoms with Crippen LogP contribution in [0.5, 0.6) is 0 Å². The molecule has 7 nitrogen and oxygen atoms in total. The van der Waals surface area contributed by atoms with E-state index in [0.717, 1.165) is 11.3 Å².